The molecule has 0 aliphatic heterocycles. The zero-order valence-corrected chi connectivity index (χ0v) is 14.4. The lowest BCUT2D eigenvalue weighted by molar-refractivity contribution is -0.134. The second-order valence-corrected chi connectivity index (χ2v) is 8.87. The second kappa shape index (κ2) is 6.28. The maximum atomic E-state index is 12.2. The van der Waals surface area contributed by atoms with E-state index in [9.17, 15) is 28.5 Å². The summed E-state index contributed by atoms with van der Waals surface area (Å²) in [5.41, 5.74) is -1.61. The molecule has 21 heavy (non-hydrogen) atoms. The van der Waals surface area contributed by atoms with E-state index in [2.05, 4.69) is 9.05 Å². The highest BCUT2D eigenvalue weighted by atomic mass is 31.2. The molecule has 0 aromatic carbocycles. The minimum Gasteiger partial charge on any atom is -0.371 e. The third-order valence-electron chi connectivity index (χ3n) is 2.46. The molecule has 0 fully saturated rings. The fourth-order valence-electron chi connectivity index (χ4n) is 0.999. The molecule has 0 rings (SSSR count). The van der Waals surface area contributed by atoms with Gasteiger partial charge in [0, 0.05) is 6.92 Å². The Morgan fingerprint density at radius 1 is 0.952 bits per heavy atom. The smallest absolute Gasteiger partial charge is 0.371 e. The lowest BCUT2D eigenvalue weighted by atomic mass is 10.1. The zero-order valence-electron chi connectivity index (χ0n) is 12.6. The molecule has 0 amide bonds. The molecule has 0 aromatic rings. The van der Waals surface area contributed by atoms with Crippen LogP contribution in [0.1, 0.15) is 41.5 Å². The van der Waals surface area contributed by atoms with Crippen LogP contribution < -0.4 is 0 Å². The molecule has 11 heteroatoms. The summed E-state index contributed by atoms with van der Waals surface area (Å²) in [6.07, 6.45) is 0. The van der Waals surface area contributed by atoms with E-state index < -0.39 is 38.1 Å². The first kappa shape index (κ1) is 20.4. The predicted molar refractivity (Wildman–Crippen MR) is 72.4 cm³/mol. The van der Waals surface area contributed by atoms with Crippen LogP contribution in [0.4, 0.5) is 0 Å². The Hall–Kier alpha value is -0.560. The van der Waals surface area contributed by atoms with Crippen molar-refractivity contribution in [2.45, 2.75) is 52.5 Å². The third-order valence-corrected chi connectivity index (χ3v) is 5.94. The molecule has 9 nitrogen and oxygen atoms in total. The van der Waals surface area contributed by atoms with E-state index >= 15 is 0 Å². The van der Waals surface area contributed by atoms with Crippen LogP contribution in [0.3, 0.4) is 0 Å². The number of ketones is 1. The molecule has 0 radical (unpaired) electrons. The first-order valence-electron chi connectivity index (χ1n) is 5.81. The molecule has 0 aliphatic rings. The summed E-state index contributed by atoms with van der Waals surface area (Å²) in [7, 11) is -9.58. The molecule has 0 aromatic heterocycles. The highest BCUT2D eigenvalue weighted by Crippen LogP contribution is 2.63. The number of carbonyl (C=O) groups excluding carboxylic acids is 2. The van der Waals surface area contributed by atoms with Gasteiger partial charge in [0.05, 0.1) is 0 Å². The maximum Gasteiger partial charge on any atom is 0.530 e. The number of phosphoric ester groups is 1. The van der Waals surface area contributed by atoms with E-state index in [1.165, 1.54) is 13.8 Å². The molecule has 0 saturated heterocycles. The summed E-state index contributed by atoms with van der Waals surface area (Å²) in [4.78, 5) is 41.2. The third kappa shape index (κ3) is 5.98. The number of carbonyl (C=O) groups is 2. The van der Waals surface area contributed by atoms with Gasteiger partial charge in [-0.15, -0.1) is 0 Å². The van der Waals surface area contributed by atoms with Crippen molar-refractivity contribution in [2.24, 2.45) is 0 Å². The first-order chi connectivity index (χ1) is 9.02. The molecule has 124 valence electrons. The first-order valence-corrected chi connectivity index (χ1v) is 8.88. The Kier molecular flexibility index (Phi) is 6.11. The Morgan fingerprint density at radius 3 is 1.71 bits per heavy atom. The van der Waals surface area contributed by atoms with Crippen LogP contribution in [0, 0.1) is 0 Å². The van der Waals surface area contributed by atoms with Crippen molar-refractivity contribution in [3.05, 3.63) is 0 Å². The lowest BCUT2D eigenvalue weighted by Gasteiger charge is -2.34. The van der Waals surface area contributed by atoms with Crippen molar-refractivity contribution >= 4 is 27.2 Å². The Bertz CT molecular complexity index is 523. The van der Waals surface area contributed by atoms with Crippen LogP contribution >= 0.6 is 15.4 Å². The van der Waals surface area contributed by atoms with Gasteiger partial charge < -0.3 is 9.42 Å². The van der Waals surface area contributed by atoms with Crippen molar-refractivity contribution in [3.63, 3.8) is 0 Å². The van der Waals surface area contributed by atoms with Crippen molar-refractivity contribution in [3.8, 4) is 0 Å². The monoisotopic (exact) mass is 346 g/mol. The van der Waals surface area contributed by atoms with Crippen molar-refractivity contribution in [1.29, 1.82) is 0 Å². The Labute approximate surface area is 122 Å². The fraction of sp³-hybridized carbons (Fsp3) is 0.800. The van der Waals surface area contributed by atoms with Gasteiger partial charge in [-0.3, -0.25) is 28.1 Å². The molecule has 0 aliphatic carbocycles. The van der Waals surface area contributed by atoms with Gasteiger partial charge >= 0.3 is 21.4 Å². The number of Topliss-reactive ketones (excluding diaryl/α,β-unsaturated/α-hetero) is 1. The summed E-state index contributed by atoms with van der Waals surface area (Å²) in [5, 5.41) is -2.19. The summed E-state index contributed by atoms with van der Waals surface area (Å²) in [5.74, 6) is -1.63. The SMILES string of the molecule is CC(=O)OP(=O)(O)OC(C)(C)P(=O)(O)OC(C)(C)C(C)=O. The lowest BCUT2D eigenvalue weighted by Crippen LogP contribution is -2.36. The molecular weight excluding hydrogens is 326 g/mol. The predicted octanol–water partition coefficient (Wildman–Crippen LogP) is 1.97. The van der Waals surface area contributed by atoms with Gasteiger partial charge in [0.15, 0.2) is 11.1 Å². The van der Waals surface area contributed by atoms with Crippen LogP contribution in [0.2, 0.25) is 0 Å². The number of phosphoric acid groups is 1. The normalized spacial score (nSPS) is 18.5. The quantitative estimate of drug-likeness (QED) is 0.663. The molecule has 0 saturated carbocycles. The largest absolute Gasteiger partial charge is 0.530 e. The standard InChI is InChI=1S/C10H20O9P2/c1-7(11)9(3,4)18-20(13,14)10(5,6)19-21(15,16)17-8(2)12/h1-6H3,(H,13,14)(H,15,16). The highest BCUT2D eigenvalue weighted by Gasteiger charge is 2.51. The average molecular weight is 346 g/mol. The van der Waals surface area contributed by atoms with Gasteiger partial charge in [0.2, 0.25) is 0 Å². The van der Waals surface area contributed by atoms with Crippen molar-refractivity contribution in [2.75, 3.05) is 0 Å². The van der Waals surface area contributed by atoms with E-state index in [1.807, 2.05) is 0 Å². The minimum absolute atomic E-state index is 0.528. The zero-order chi connectivity index (χ0) is 17.3. The number of hydrogen-bond donors (Lipinski definition) is 2. The molecule has 0 spiro atoms. The van der Waals surface area contributed by atoms with E-state index in [4.69, 9.17) is 4.52 Å². The van der Waals surface area contributed by atoms with Crippen LogP contribution in [0.15, 0.2) is 0 Å². The highest BCUT2D eigenvalue weighted by molar-refractivity contribution is 7.55. The van der Waals surface area contributed by atoms with Crippen LogP contribution in [0.25, 0.3) is 0 Å². The van der Waals surface area contributed by atoms with Crippen molar-refractivity contribution < 1.29 is 42.1 Å². The molecule has 2 unspecified atom stereocenters. The van der Waals surface area contributed by atoms with E-state index in [0.717, 1.165) is 27.7 Å². The summed E-state index contributed by atoms with van der Waals surface area (Å²) >= 11 is 0. The van der Waals surface area contributed by atoms with Gasteiger partial charge in [-0.1, -0.05) is 0 Å². The molecule has 0 heterocycles. The summed E-state index contributed by atoms with van der Waals surface area (Å²) in [6, 6.07) is 0. The Balaban J connectivity index is 5.31. The number of rotatable bonds is 7. The molecule has 2 atom stereocenters. The van der Waals surface area contributed by atoms with Crippen LogP contribution in [-0.2, 0) is 32.3 Å². The van der Waals surface area contributed by atoms with Gasteiger partial charge in [0.25, 0.3) is 0 Å². The fourth-order valence-corrected chi connectivity index (χ4v) is 3.61. The van der Waals surface area contributed by atoms with Crippen molar-refractivity contribution in [1.82, 2.24) is 0 Å². The summed E-state index contributed by atoms with van der Waals surface area (Å²) in [6.45, 7) is 6.54. The van der Waals surface area contributed by atoms with Gasteiger partial charge in [-0.2, -0.15) is 0 Å². The Morgan fingerprint density at radius 2 is 1.38 bits per heavy atom. The van der Waals surface area contributed by atoms with Gasteiger partial charge in [-0.05, 0) is 34.6 Å². The van der Waals surface area contributed by atoms with Gasteiger partial charge in [-0.25, -0.2) is 4.57 Å². The number of hydrogen-bond acceptors (Lipinski definition) is 7. The minimum atomic E-state index is -4.90. The van der Waals surface area contributed by atoms with Crippen LogP contribution in [-0.4, -0.2) is 32.5 Å². The van der Waals surface area contributed by atoms with E-state index in [0.29, 0.717) is 0 Å². The molecular formula is C10H20O9P2. The van der Waals surface area contributed by atoms with Gasteiger partial charge in [0.1, 0.15) is 5.60 Å². The van der Waals surface area contributed by atoms with E-state index in [1.54, 1.807) is 0 Å². The van der Waals surface area contributed by atoms with E-state index in [-0.39, 0.29) is 0 Å². The topological polar surface area (TPSA) is 136 Å². The second-order valence-electron chi connectivity index (χ2n) is 5.27. The molecule has 2 N–H and O–H groups in total. The summed E-state index contributed by atoms with van der Waals surface area (Å²) < 4.78 is 37.2. The van der Waals surface area contributed by atoms with Crippen LogP contribution in [0.5, 0.6) is 0 Å². The average Bonchev–Trinajstić information content (AvgIpc) is 2.09. The molecule has 0 bridgehead atoms. The maximum absolute atomic E-state index is 12.2.